The first-order valence-corrected chi connectivity index (χ1v) is 10.4. The highest BCUT2D eigenvalue weighted by molar-refractivity contribution is 14.0. The topological polar surface area (TPSA) is 85.6 Å². The van der Waals surface area contributed by atoms with Crippen LogP contribution in [0.3, 0.4) is 0 Å². The van der Waals surface area contributed by atoms with E-state index in [1.165, 1.54) is 0 Å². The summed E-state index contributed by atoms with van der Waals surface area (Å²) in [6.07, 6.45) is 7.17. The van der Waals surface area contributed by atoms with Crippen LogP contribution in [0.4, 0.5) is 0 Å². The molecular formula is C23H31IN6O2. The number of imidazole rings is 1. The lowest BCUT2D eigenvalue weighted by Crippen LogP contribution is -2.36. The maximum absolute atomic E-state index is 5.92. The fourth-order valence-corrected chi connectivity index (χ4v) is 2.95. The summed E-state index contributed by atoms with van der Waals surface area (Å²) in [4.78, 5) is 12.8. The van der Waals surface area contributed by atoms with Crippen LogP contribution in [0, 0.1) is 6.92 Å². The summed E-state index contributed by atoms with van der Waals surface area (Å²) in [5, 5.41) is 6.67. The molecule has 2 heterocycles. The SMILES string of the molecule is CCOCCOc1cc(C)ccc1CNC(=NC)NCc1ccc(-n2ccnc2)nc1.I. The lowest BCUT2D eigenvalue weighted by Gasteiger charge is -2.15. The molecular weight excluding hydrogens is 519 g/mol. The van der Waals surface area contributed by atoms with E-state index < -0.39 is 0 Å². The highest BCUT2D eigenvalue weighted by Crippen LogP contribution is 2.20. The first kappa shape index (κ1) is 25.6. The third-order valence-corrected chi connectivity index (χ3v) is 4.62. The van der Waals surface area contributed by atoms with Gasteiger partial charge < -0.3 is 20.1 Å². The summed E-state index contributed by atoms with van der Waals surface area (Å²) < 4.78 is 13.1. The number of aliphatic imine (C=N–C) groups is 1. The Morgan fingerprint density at radius 3 is 2.66 bits per heavy atom. The number of rotatable bonds is 10. The Bertz CT molecular complexity index is 961. The minimum Gasteiger partial charge on any atom is -0.491 e. The van der Waals surface area contributed by atoms with Gasteiger partial charge in [0.2, 0.25) is 0 Å². The number of nitrogens with zero attached hydrogens (tertiary/aromatic N) is 4. The van der Waals surface area contributed by atoms with E-state index in [4.69, 9.17) is 9.47 Å². The van der Waals surface area contributed by atoms with Gasteiger partial charge in [-0.1, -0.05) is 18.2 Å². The standard InChI is InChI=1S/C23H30N6O2.HI/c1-4-30-11-12-31-21-13-18(2)5-7-20(21)16-28-23(24-3)27-15-19-6-8-22(26-14-19)29-10-9-25-17-29;/h5-10,13-14,17H,4,11-12,15-16H2,1-3H3,(H2,24,27,28);1H. The Morgan fingerprint density at radius 1 is 1.12 bits per heavy atom. The van der Waals surface area contributed by atoms with Crippen LogP contribution in [0.2, 0.25) is 0 Å². The van der Waals surface area contributed by atoms with Gasteiger partial charge in [0.05, 0.1) is 6.61 Å². The van der Waals surface area contributed by atoms with E-state index in [9.17, 15) is 0 Å². The molecule has 3 aromatic rings. The molecule has 0 spiro atoms. The van der Waals surface area contributed by atoms with E-state index in [-0.39, 0.29) is 24.0 Å². The lowest BCUT2D eigenvalue weighted by atomic mass is 10.1. The second-order valence-corrected chi connectivity index (χ2v) is 6.93. The molecule has 0 saturated heterocycles. The zero-order valence-corrected chi connectivity index (χ0v) is 21.1. The molecule has 9 heteroatoms. The van der Waals surface area contributed by atoms with Crippen LogP contribution in [0.5, 0.6) is 5.75 Å². The van der Waals surface area contributed by atoms with Crippen molar-refractivity contribution in [2.75, 3.05) is 26.9 Å². The molecule has 172 valence electrons. The van der Waals surface area contributed by atoms with Gasteiger partial charge in [-0.15, -0.1) is 24.0 Å². The van der Waals surface area contributed by atoms with E-state index in [0.29, 0.717) is 38.9 Å². The quantitative estimate of drug-likeness (QED) is 0.174. The number of hydrogen-bond acceptors (Lipinski definition) is 5. The van der Waals surface area contributed by atoms with Crippen molar-refractivity contribution in [1.29, 1.82) is 0 Å². The molecule has 1 aromatic carbocycles. The highest BCUT2D eigenvalue weighted by atomic mass is 127. The zero-order valence-electron chi connectivity index (χ0n) is 18.7. The molecule has 8 nitrogen and oxygen atoms in total. The van der Waals surface area contributed by atoms with Crippen molar-refractivity contribution in [1.82, 2.24) is 25.2 Å². The average Bonchev–Trinajstić information content (AvgIpc) is 3.33. The fraction of sp³-hybridized carbons (Fsp3) is 0.348. The lowest BCUT2D eigenvalue weighted by molar-refractivity contribution is 0.110. The monoisotopic (exact) mass is 550 g/mol. The first-order chi connectivity index (χ1) is 15.2. The third-order valence-electron chi connectivity index (χ3n) is 4.62. The molecule has 2 aromatic heterocycles. The van der Waals surface area contributed by atoms with Crippen LogP contribution in [-0.4, -0.2) is 47.4 Å². The van der Waals surface area contributed by atoms with Crippen LogP contribution >= 0.6 is 24.0 Å². The van der Waals surface area contributed by atoms with Gasteiger partial charge in [-0.05, 0) is 37.1 Å². The normalized spacial score (nSPS) is 11.0. The number of pyridine rings is 1. The molecule has 0 fully saturated rings. The molecule has 0 unspecified atom stereocenters. The maximum Gasteiger partial charge on any atom is 0.191 e. The van der Waals surface area contributed by atoms with E-state index in [2.05, 4.69) is 44.7 Å². The molecule has 3 rings (SSSR count). The van der Waals surface area contributed by atoms with Gasteiger partial charge in [-0.3, -0.25) is 9.56 Å². The summed E-state index contributed by atoms with van der Waals surface area (Å²) in [5.74, 6) is 2.40. The molecule has 0 aliphatic rings. The molecule has 2 N–H and O–H groups in total. The Labute approximate surface area is 206 Å². The van der Waals surface area contributed by atoms with Gasteiger partial charge in [0.15, 0.2) is 5.96 Å². The highest BCUT2D eigenvalue weighted by Gasteiger charge is 2.07. The van der Waals surface area contributed by atoms with Crippen LogP contribution in [-0.2, 0) is 17.8 Å². The summed E-state index contributed by atoms with van der Waals surface area (Å²) >= 11 is 0. The molecule has 32 heavy (non-hydrogen) atoms. The summed E-state index contributed by atoms with van der Waals surface area (Å²) in [6, 6.07) is 10.2. The number of guanidine groups is 1. The summed E-state index contributed by atoms with van der Waals surface area (Å²) in [6.45, 7) is 7.04. The molecule has 0 bridgehead atoms. The summed E-state index contributed by atoms with van der Waals surface area (Å²) in [7, 11) is 1.75. The number of nitrogens with one attached hydrogen (secondary N) is 2. The van der Waals surface area contributed by atoms with Crippen molar-refractivity contribution in [3.8, 4) is 11.6 Å². The van der Waals surface area contributed by atoms with Gasteiger partial charge in [-0.25, -0.2) is 9.97 Å². The average molecular weight is 550 g/mol. The second kappa shape index (κ2) is 13.7. The van der Waals surface area contributed by atoms with E-state index in [1.54, 1.807) is 19.6 Å². The zero-order chi connectivity index (χ0) is 21.9. The maximum atomic E-state index is 5.92. The number of hydrogen-bond donors (Lipinski definition) is 2. The molecule has 0 radical (unpaired) electrons. The van der Waals surface area contributed by atoms with Gasteiger partial charge in [-0.2, -0.15) is 0 Å². The van der Waals surface area contributed by atoms with Crippen LogP contribution in [0.15, 0.2) is 60.2 Å². The van der Waals surface area contributed by atoms with E-state index >= 15 is 0 Å². The minimum absolute atomic E-state index is 0. The molecule has 0 atom stereocenters. The van der Waals surface area contributed by atoms with Crippen LogP contribution in [0.1, 0.15) is 23.6 Å². The number of benzene rings is 1. The number of aromatic nitrogens is 3. The fourth-order valence-electron chi connectivity index (χ4n) is 2.95. The predicted octanol–water partition coefficient (Wildman–Crippen LogP) is 3.47. The molecule has 0 amide bonds. The first-order valence-electron chi connectivity index (χ1n) is 10.4. The molecule has 0 aliphatic carbocycles. The van der Waals surface area contributed by atoms with Gasteiger partial charge in [0.25, 0.3) is 0 Å². The smallest absolute Gasteiger partial charge is 0.191 e. The van der Waals surface area contributed by atoms with Crippen molar-refractivity contribution in [2.24, 2.45) is 4.99 Å². The van der Waals surface area contributed by atoms with Crippen molar-refractivity contribution < 1.29 is 9.47 Å². The van der Waals surface area contributed by atoms with E-state index in [1.807, 2.05) is 42.1 Å². The van der Waals surface area contributed by atoms with Gasteiger partial charge in [0, 0.05) is 50.9 Å². The number of ether oxygens (including phenoxy) is 2. The Kier molecular flexibility index (Phi) is 10.9. The number of aryl methyl sites for hydroxylation is 1. The van der Waals surface area contributed by atoms with Crippen molar-refractivity contribution in [3.63, 3.8) is 0 Å². The minimum atomic E-state index is 0. The predicted molar refractivity (Wildman–Crippen MR) is 137 cm³/mol. The largest absolute Gasteiger partial charge is 0.491 e. The van der Waals surface area contributed by atoms with Crippen LogP contribution in [0.25, 0.3) is 5.82 Å². The second-order valence-electron chi connectivity index (χ2n) is 6.93. The van der Waals surface area contributed by atoms with E-state index in [0.717, 1.165) is 28.3 Å². The van der Waals surface area contributed by atoms with Crippen molar-refractivity contribution >= 4 is 29.9 Å². The Balaban J connectivity index is 0.00000363. The third kappa shape index (κ3) is 7.79. The number of halogens is 1. The van der Waals surface area contributed by atoms with Gasteiger partial charge in [0.1, 0.15) is 24.5 Å². The molecule has 0 aliphatic heterocycles. The van der Waals surface area contributed by atoms with Crippen molar-refractivity contribution in [3.05, 3.63) is 71.9 Å². The van der Waals surface area contributed by atoms with Crippen molar-refractivity contribution in [2.45, 2.75) is 26.9 Å². The Morgan fingerprint density at radius 2 is 1.97 bits per heavy atom. The summed E-state index contributed by atoms with van der Waals surface area (Å²) in [5.41, 5.74) is 3.28. The van der Waals surface area contributed by atoms with Crippen LogP contribution < -0.4 is 15.4 Å². The van der Waals surface area contributed by atoms with Gasteiger partial charge >= 0.3 is 0 Å². The molecule has 0 saturated carbocycles. The Hall–Kier alpha value is -2.66.